The summed E-state index contributed by atoms with van der Waals surface area (Å²) in [5.41, 5.74) is 0. The fourth-order valence-electron chi connectivity index (χ4n) is 1.60. The smallest absolute Gasteiger partial charge is 0.336 e. The van der Waals surface area contributed by atoms with E-state index in [4.69, 9.17) is 4.74 Å². The Hall–Kier alpha value is -1.30. The minimum atomic E-state index is 0.395. The van der Waals surface area contributed by atoms with Crippen LogP contribution in [0.25, 0.3) is 0 Å². The zero-order chi connectivity index (χ0) is 9.97. The lowest BCUT2D eigenvalue weighted by Crippen LogP contribution is -2.49. The number of ether oxygens (including phenoxy) is 1. The fraction of sp³-hybridized carbons (Fsp3) is 0.750. The highest BCUT2D eigenvalue weighted by molar-refractivity contribution is 5.31. The maximum absolute atomic E-state index is 4.92. The van der Waals surface area contributed by atoms with E-state index in [0.717, 1.165) is 25.6 Å². The van der Waals surface area contributed by atoms with Crippen LogP contribution in [0.3, 0.4) is 0 Å². The van der Waals surface area contributed by atoms with Gasteiger partial charge < -0.3 is 15.0 Å². The second-order valence-electron chi connectivity index (χ2n) is 3.45. The second-order valence-corrected chi connectivity index (χ2v) is 3.45. The fourth-order valence-corrected chi connectivity index (χ4v) is 1.60. The number of hydrogen-bond acceptors (Lipinski definition) is 5. The molecule has 0 aromatic carbocycles. The van der Waals surface area contributed by atoms with E-state index in [0.29, 0.717) is 12.1 Å². The Bertz CT molecular complexity index is 300. The summed E-state index contributed by atoms with van der Waals surface area (Å²) in [5.74, 6) is 0.787. The van der Waals surface area contributed by atoms with Crippen LogP contribution in [0.5, 0.6) is 6.01 Å². The SMILES string of the molecule is COc1n[nH]c(N2CCN[C@H](C)C2)n1. The van der Waals surface area contributed by atoms with Gasteiger partial charge in [0.15, 0.2) is 0 Å². The molecule has 1 aliphatic rings. The van der Waals surface area contributed by atoms with Crippen molar-refractivity contribution in [3.63, 3.8) is 0 Å². The van der Waals surface area contributed by atoms with Gasteiger partial charge in [0.2, 0.25) is 5.95 Å². The lowest BCUT2D eigenvalue weighted by atomic mass is 10.2. The number of rotatable bonds is 2. The van der Waals surface area contributed by atoms with Crippen molar-refractivity contribution >= 4 is 5.95 Å². The Morgan fingerprint density at radius 2 is 2.43 bits per heavy atom. The van der Waals surface area contributed by atoms with E-state index in [2.05, 4.69) is 32.3 Å². The first kappa shape index (κ1) is 9.26. The Balaban J connectivity index is 2.06. The highest BCUT2D eigenvalue weighted by Gasteiger charge is 2.18. The molecule has 0 aliphatic carbocycles. The summed E-state index contributed by atoms with van der Waals surface area (Å²) < 4.78 is 4.92. The molecule has 0 bridgehead atoms. The Morgan fingerprint density at radius 1 is 1.57 bits per heavy atom. The lowest BCUT2D eigenvalue weighted by Gasteiger charge is -2.31. The zero-order valence-electron chi connectivity index (χ0n) is 8.45. The van der Waals surface area contributed by atoms with Gasteiger partial charge in [0, 0.05) is 25.7 Å². The Morgan fingerprint density at radius 3 is 3.07 bits per heavy atom. The molecule has 0 radical (unpaired) electrons. The molecule has 78 valence electrons. The van der Waals surface area contributed by atoms with Crippen molar-refractivity contribution in [3.8, 4) is 6.01 Å². The van der Waals surface area contributed by atoms with E-state index in [1.165, 1.54) is 0 Å². The first-order valence-corrected chi connectivity index (χ1v) is 4.74. The maximum Gasteiger partial charge on any atom is 0.336 e. The van der Waals surface area contributed by atoms with Crippen molar-refractivity contribution < 1.29 is 4.74 Å². The molecular weight excluding hydrogens is 182 g/mol. The molecule has 1 aliphatic heterocycles. The highest BCUT2D eigenvalue weighted by Crippen LogP contribution is 2.12. The molecule has 6 nitrogen and oxygen atoms in total. The molecule has 0 spiro atoms. The molecule has 14 heavy (non-hydrogen) atoms. The van der Waals surface area contributed by atoms with E-state index in [9.17, 15) is 0 Å². The molecule has 2 heterocycles. The van der Waals surface area contributed by atoms with E-state index < -0.39 is 0 Å². The van der Waals surface area contributed by atoms with E-state index in [-0.39, 0.29) is 0 Å². The molecular formula is C8H15N5O. The van der Waals surface area contributed by atoms with Gasteiger partial charge in [-0.15, -0.1) is 5.10 Å². The first-order chi connectivity index (χ1) is 6.79. The van der Waals surface area contributed by atoms with Crippen LogP contribution in [-0.4, -0.2) is 48.0 Å². The van der Waals surface area contributed by atoms with Gasteiger partial charge >= 0.3 is 6.01 Å². The third-order valence-electron chi connectivity index (χ3n) is 2.30. The van der Waals surface area contributed by atoms with Crippen molar-refractivity contribution in [2.45, 2.75) is 13.0 Å². The predicted octanol–water partition coefficient (Wildman–Crippen LogP) is -0.389. The summed E-state index contributed by atoms with van der Waals surface area (Å²) in [5, 5.41) is 10.1. The molecule has 2 N–H and O–H groups in total. The van der Waals surface area contributed by atoms with Crippen LogP contribution in [0.1, 0.15) is 6.92 Å². The maximum atomic E-state index is 4.92. The van der Waals surface area contributed by atoms with Gasteiger partial charge in [-0.3, -0.25) is 0 Å². The van der Waals surface area contributed by atoms with Crippen molar-refractivity contribution in [2.75, 3.05) is 31.6 Å². The van der Waals surface area contributed by atoms with Crippen molar-refractivity contribution in [2.24, 2.45) is 0 Å². The number of piperazine rings is 1. The number of anilines is 1. The summed E-state index contributed by atoms with van der Waals surface area (Å²) in [6.45, 7) is 5.02. The van der Waals surface area contributed by atoms with Gasteiger partial charge in [-0.25, -0.2) is 5.10 Å². The molecule has 1 atom stereocenters. The molecule has 1 aromatic heterocycles. The molecule has 2 rings (SSSR count). The van der Waals surface area contributed by atoms with E-state index in [1.807, 2.05) is 0 Å². The Labute approximate surface area is 82.7 Å². The number of methoxy groups -OCH3 is 1. The second kappa shape index (κ2) is 3.83. The van der Waals surface area contributed by atoms with Gasteiger partial charge in [0.05, 0.1) is 7.11 Å². The van der Waals surface area contributed by atoms with E-state index in [1.54, 1.807) is 7.11 Å². The van der Waals surface area contributed by atoms with Crippen LogP contribution in [0.4, 0.5) is 5.95 Å². The summed E-state index contributed by atoms with van der Waals surface area (Å²) >= 11 is 0. The number of nitrogens with one attached hydrogen (secondary N) is 2. The minimum Gasteiger partial charge on any atom is -0.466 e. The summed E-state index contributed by atoms with van der Waals surface area (Å²) in [6, 6.07) is 0.881. The van der Waals surface area contributed by atoms with Crippen LogP contribution >= 0.6 is 0 Å². The van der Waals surface area contributed by atoms with Gasteiger partial charge in [0.25, 0.3) is 0 Å². The standard InChI is InChI=1S/C8H15N5O/c1-6-5-13(4-3-9-6)7-10-8(14-2)12-11-7/h6,9H,3-5H2,1-2H3,(H,10,11,12)/t6-/m1/s1. The lowest BCUT2D eigenvalue weighted by molar-refractivity contribution is 0.381. The quantitative estimate of drug-likeness (QED) is 0.676. The van der Waals surface area contributed by atoms with Crippen LogP contribution < -0.4 is 15.0 Å². The molecule has 1 aromatic rings. The van der Waals surface area contributed by atoms with Crippen molar-refractivity contribution in [3.05, 3.63) is 0 Å². The number of hydrogen-bond donors (Lipinski definition) is 2. The van der Waals surface area contributed by atoms with Crippen molar-refractivity contribution in [1.29, 1.82) is 0 Å². The topological polar surface area (TPSA) is 66.1 Å². The minimum absolute atomic E-state index is 0.395. The molecule has 1 saturated heterocycles. The van der Waals surface area contributed by atoms with Crippen LogP contribution in [0.15, 0.2) is 0 Å². The number of aromatic nitrogens is 3. The monoisotopic (exact) mass is 197 g/mol. The van der Waals surface area contributed by atoms with Crippen LogP contribution in [0, 0.1) is 0 Å². The van der Waals surface area contributed by atoms with Crippen LogP contribution in [-0.2, 0) is 0 Å². The van der Waals surface area contributed by atoms with Gasteiger partial charge in [-0.1, -0.05) is 0 Å². The molecule has 0 unspecified atom stereocenters. The first-order valence-electron chi connectivity index (χ1n) is 4.74. The average molecular weight is 197 g/mol. The van der Waals surface area contributed by atoms with Crippen molar-refractivity contribution in [1.82, 2.24) is 20.5 Å². The molecule has 0 saturated carbocycles. The molecule has 6 heteroatoms. The Kier molecular flexibility index (Phi) is 2.53. The van der Waals surface area contributed by atoms with Gasteiger partial charge in [-0.05, 0) is 6.92 Å². The van der Waals surface area contributed by atoms with Gasteiger partial charge in [0.1, 0.15) is 0 Å². The normalized spacial score (nSPS) is 22.4. The third kappa shape index (κ3) is 1.79. The number of nitrogens with zero attached hydrogens (tertiary/aromatic N) is 3. The van der Waals surface area contributed by atoms with Crippen LogP contribution in [0.2, 0.25) is 0 Å². The molecule has 1 fully saturated rings. The molecule has 0 amide bonds. The average Bonchev–Trinajstić information content (AvgIpc) is 2.66. The predicted molar refractivity (Wildman–Crippen MR) is 52.6 cm³/mol. The zero-order valence-corrected chi connectivity index (χ0v) is 8.45. The van der Waals surface area contributed by atoms with Gasteiger partial charge in [-0.2, -0.15) is 4.98 Å². The number of aromatic amines is 1. The summed E-state index contributed by atoms with van der Waals surface area (Å²) in [6.07, 6.45) is 0. The summed E-state index contributed by atoms with van der Waals surface area (Å²) in [7, 11) is 1.56. The third-order valence-corrected chi connectivity index (χ3v) is 2.30. The van der Waals surface area contributed by atoms with E-state index >= 15 is 0 Å². The highest BCUT2D eigenvalue weighted by atomic mass is 16.5. The largest absolute Gasteiger partial charge is 0.466 e. The number of H-pyrrole nitrogens is 1. The summed E-state index contributed by atoms with van der Waals surface area (Å²) in [4.78, 5) is 6.36.